The van der Waals surface area contributed by atoms with Crippen LogP contribution in [0.25, 0.3) is 0 Å². The van der Waals surface area contributed by atoms with Crippen molar-refractivity contribution >= 4 is 0 Å². The van der Waals surface area contributed by atoms with Gasteiger partial charge < -0.3 is 15.2 Å². The molecule has 1 fully saturated rings. The molecule has 2 N–H and O–H groups in total. The van der Waals surface area contributed by atoms with Gasteiger partial charge in [0.25, 0.3) is 0 Å². The Morgan fingerprint density at radius 3 is 2.52 bits per heavy atom. The molecule has 0 aliphatic carbocycles. The number of pyridine rings is 1. The predicted octanol–water partition coefficient (Wildman–Crippen LogP) is 1.57. The molecule has 0 amide bonds. The van der Waals surface area contributed by atoms with E-state index in [1.807, 2.05) is 12.1 Å². The van der Waals surface area contributed by atoms with E-state index in [-0.39, 0.29) is 5.82 Å². The van der Waals surface area contributed by atoms with E-state index < -0.39 is 5.60 Å². The number of hydrogen-bond donors (Lipinski definition) is 2. The molecule has 1 saturated heterocycles. The minimum atomic E-state index is -0.955. The molecule has 1 unspecified atom stereocenters. The van der Waals surface area contributed by atoms with E-state index in [2.05, 4.69) is 15.2 Å². The molecule has 1 aliphatic rings. The van der Waals surface area contributed by atoms with Gasteiger partial charge in [-0.15, -0.1) is 0 Å². The number of β-amino-alcohol motifs (C(OH)–C–C–N with tert-alkyl or cyclic N) is 1. The lowest BCUT2D eigenvalue weighted by Crippen LogP contribution is -2.51. The maximum absolute atomic E-state index is 13.2. The molecule has 0 saturated carbocycles. The zero-order valence-corrected chi connectivity index (χ0v) is 14.2. The maximum Gasteiger partial charge on any atom is 0.123 e. The van der Waals surface area contributed by atoms with Crippen LogP contribution in [0.3, 0.4) is 0 Å². The number of nitrogens with zero attached hydrogens (tertiary/aromatic N) is 2. The average molecular weight is 345 g/mol. The van der Waals surface area contributed by atoms with Crippen LogP contribution in [-0.4, -0.2) is 53.4 Å². The van der Waals surface area contributed by atoms with Gasteiger partial charge in [-0.3, -0.25) is 9.88 Å². The average Bonchev–Trinajstić information content (AvgIpc) is 2.82. The van der Waals surface area contributed by atoms with Crippen molar-refractivity contribution in [2.24, 2.45) is 0 Å². The van der Waals surface area contributed by atoms with E-state index in [0.29, 0.717) is 39.4 Å². The lowest BCUT2D eigenvalue weighted by molar-refractivity contribution is -0.0518. The highest BCUT2D eigenvalue weighted by Crippen LogP contribution is 2.16. The summed E-state index contributed by atoms with van der Waals surface area (Å²) in [5.74, 6) is -0.246. The molecular weight excluding hydrogens is 321 g/mol. The predicted molar refractivity (Wildman–Crippen MR) is 93.4 cm³/mol. The SMILES string of the molecule is OC1(CN(Cc2ccncc2)Cc2ccc(F)cc2)CNCCOC1. The van der Waals surface area contributed by atoms with Crippen molar-refractivity contribution in [3.05, 3.63) is 65.7 Å². The standard InChI is InChI=1S/C19H24FN3O2/c20-18-3-1-16(2-4-18)11-23(12-17-5-7-21-8-6-17)14-19(24)13-22-9-10-25-15-19/h1-8,22,24H,9-15H2. The first-order chi connectivity index (χ1) is 12.1. The zero-order chi connectivity index (χ0) is 17.5. The molecule has 0 bridgehead atoms. The second kappa shape index (κ2) is 8.49. The van der Waals surface area contributed by atoms with Crippen molar-refractivity contribution < 1.29 is 14.2 Å². The Balaban J connectivity index is 1.74. The second-order valence-corrected chi connectivity index (χ2v) is 6.58. The summed E-state index contributed by atoms with van der Waals surface area (Å²) in [5.41, 5.74) is 1.16. The van der Waals surface area contributed by atoms with Gasteiger partial charge in [0.2, 0.25) is 0 Å². The van der Waals surface area contributed by atoms with E-state index in [0.717, 1.165) is 17.7 Å². The van der Waals surface area contributed by atoms with E-state index in [1.54, 1.807) is 24.5 Å². The highest BCUT2D eigenvalue weighted by atomic mass is 19.1. The van der Waals surface area contributed by atoms with E-state index >= 15 is 0 Å². The summed E-state index contributed by atoms with van der Waals surface area (Å²) >= 11 is 0. The van der Waals surface area contributed by atoms with Crippen LogP contribution in [0.2, 0.25) is 0 Å². The Morgan fingerprint density at radius 1 is 1.12 bits per heavy atom. The normalized spacial score (nSPS) is 21.2. The highest BCUT2D eigenvalue weighted by molar-refractivity contribution is 5.17. The number of benzene rings is 1. The van der Waals surface area contributed by atoms with Crippen molar-refractivity contribution in [1.29, 1.82) is 0 Å². The Bertz CT molecular complexity index is 643. The third-order valence-corrected chi connectivity index (χ3v) is 4.24. The van der Waals surface area contributed by atoms with Crippen LogP contribution >= 0.6 is 0 Å². The van der Waals surface area contributed by atoms with Crippen molar-refractivity contribution in [2.75, 3.05) is 32.8 Å². The van der Waals surface area contributed by atoms with Gasteiger partial charge in [-0.1, -0.05) is 12.1 Å². The van der Waals surface area contributed by atoms with Crippen molar-refractivity contribution in [2.45, 2.75) is 18.7 Å². The summed E-state index contributed by atoms with van der Waals surface area (Å²) in [5, 5.41) is 14.1. The van der Waals surface area contributed by atoms with Gasteiger partial charge in [0.15, 0.2) is 0 Å². The molecule has 0 spiro atoms. The third-order valence-electron chi connectivity index (χ3n) is 4.24. The highest BCUT2D eigenvalue weighted by Gasteiger charge is 2.31. The lowest BCUT2D eigenvalue weighted by Gasteiger charge is -2.33. The summed E-state index contributed by atoms with van der Waals surface area (Å²) in [6.45, 7) is 3.88. The smallest absolute Gasteiger partial charge is 0.123 e. The summed E-state index contributed by atoms with van der Waals surface area (Å²) in [7, 11) is 0. The topological polar surface area (TPSA) is 57.6 Å². The molecule has 2 heterocycles. The Labute approximate surface area is 147 Å². The van der Waals surface area contributed by atoms with Crippen LogP contribution in [-0.2, 0) is 17.8 Å². The molecule has 134 valence electrons. The monoisotopic (exact) mass is 345 g/mol. The van der Waals surface area contributed by atoms with Gasteiger partial charge in [-0.2, -0.15) is 0 Å². The first-order valence-corrected chi connectivity index (χ1v) is 8.50. The molecule has 1 aromatic heterocycles. The Kier molecular flexibility index (Phi) is 6.09. The van der Waals surface area contributed by atoms with Gasteiger partial charge in [0.1, 0.15) is 11.4 Å². The van der Waals surface area contributed by atoms with Crippen LogP contribution in [0, 0.1) is 5.82 Å². The summed E-state index contributed by atoms with van der Waals surface area (Å²) < 4.78 is 18.7. The first kappa shape index (κ1) is 17.9. The van der Waals surface area contributed by atoms with Crippen molar-refractivity contribution in [3.8, 4) is 0 Å². The van der Waals surface area contributed by atoms with Gasteiger partial charge >= 0.3 is 0 Å². The van der Waals surface area contributed by atoms with Crippen LogP contribution in [0.5, 0.6) is 0 Å². The number of aliphatic hydroxyl groups is 1. The fraction of sp³-hybridized carbons (Fsp3) is 0.421. The second-order valence-electron chi connectivity index (χ2n) is 6.58. The fourth-order valence-corrected chi connectivity index (χ4v) is 3.06. The van der Waals surface area contributed by atoms with Crippen LogP contribution in [0.1, 0.15) is 11.1 Å². The van der Waals surface area contributed by atoms with Gasteiger partial charge in [0.05, 0.1) is 13.2 Å². The molecule has 5 nitrogen and oxygen atoms in total. The number of ether oxygens (including phenoxy) is 1. The van der Waals surface area contributed by atoms with Gasteiger partial charge in [0, 0.05) is 45.1 Å². The van der Waals surface area contributed by atoms with E-state index in [1.165, 1.54) is 12.1 Å². The maximum atomic E-state index is 13.2. The summed E-state index contributed by atoms with van der Waals surface area (Å²) in [4.78, 5) is 6.20. The quantitative estimate of drug-likeness (QED) is 0.832. The molecule has 25 heavy (non-hydrogen) atoms. The van der Waals surface area contributed by atoms with Gasteiger partial charge in [-0.05, 0) is 35.4 Å². The van der Waals surface area contributed by atoms with Crippen LogP contribution < -0.4 is 5.32 Å². The Hall–Kier alpha value is -1.86. The minimum absolute atomic E-state index is 0.246. The summed E-state index contributed by atoms with van der Waals surface area (Å²) in [6.07, 6.45) is 3.52. The number of aromatic nitrogens is 1. The molecule has 1 atom stereocenters. The summed E-state index contributed by atoms with van der Waals surface area (Å²) in [6, 6.07) is 10.4. The number of halogens is 1. The fourth-order valence-electron chi connectivity index (χ4n) is 3.06. The van der Waals surface area contributed by atoms with E-state index in [4.69, 9.17) is 4.74 Å². The molecule has 0 radical (unpaired) electrons. The van der Waals surface area contributed by atoms with Crippen molar-refractivity contribution in [1.82, 2.24) is 15.2 Å². The lowest BCUT2D eigenvalue weighted by atomic mass is 10.0. The molecule has 3 rings (SSSR count). The largest absolute Gasteiger partial charge is 0.385 e. The van der Waals surface area contributed by atoms with E-state index in [9.17, 15) is 9.50 Å². The number of nitrogens with one attached hydrogen (secondary N) is 1. The number of hydrogen-bond acceptors (Lipinski definition) is 5. The molecule has 2 aromatic rings. The number of rotatable bonds is 6. The first-order valence-electron chi connectivity index (χ1n) is 8.50. The zero-order valence-electron chi connectivity index (χ0n) is 14.2. The molecular formula is C19H24FN3O2. The molecule has 6 heteroatoms. The molecule has 1 aliphatic heterocycles. The van der Waals surface area contributed by atoms with Crippen LogP contribution in [0.15, 0.2) is 48.8 Å². The molecule has 1 aromatic carbocycles. The van der Waals surface area contributed by atoms with Crippen LogP contribution in [0.4, 0.5) is 4.39 Å². The van der Waals surface area contributed by atoms with Crippen molar-refractivity contribution in [3.63, 3.8) is 0 Å². The minimum Gasteiger partial charge on any atom is -0.385 e. The third kappa shape index (κ3) is 5.57. The Morgan fingerprint density at radius 2 is 1.80 bits per heavy atom. The van der Waals surface area contributed by atoms with Gasteiger partial charge in [-0.25, -0.2) is 4.39 Å².